The molecule has 4 aromatic rings. The molecule has 2 aliphatic rings. The van der Waals surface area contributed by atoms with Crippen molar-refractivity contribution in [3.8, 4) is 28.6 Å². The van der Waals surface area contributed by atoms with Gasteiger partial charge in [0.05, 0.1) is 28.2 Å². The van der Waals surface area contributed by atoms with Crippen LogP contribution in [0.4, 0.5) is 13.2 Å². The number of hydrogen-bond donors (Lipinski definition) is 0. The smallest absolute Gasteiger partial charge is 0.342 e. The molecule has 0 bridgehead atoms. The monoisotopic (exact) mass is 514 g/mol. The number of imidazole rings is 1. The van der Waals surface area contributed by atoms with Crippen LogP contribution in [-0.4, -0.2) is 33.4 Å². The fourth-order valence-corrected chi connectivity index (χ4v) is 5.29. The van der Waals surface area contributed by atoms with E-state index in [1.54, 1.807) is 12.1 Å². The van der Waals surface area contributed by atoms with Gasteiger partial charge in [0.1, 0.15) is 5.82 Å². The first kappa shape index (κ1) is 24.2. The maximum atomic E-state index is 13.4. The molecular weight excluding hydrogens is 489 g/mol. The van der Waals surface area contributed by atoms with Crippen LogP contribution in [0.25, 0.3) is 33.5 Å². The van der Waals surface area contributed by atoms with Gasteiger partial charge < -0.3 is 9.47 Å². The Morgan fingerprint density at radius 3 is 2.24 bits per heavy atom. The molecule has 1 saturated carbocycles. The van der Waals surface area contributed by atoms with Crippen molar-refractivity contribution >= 4 is 16.9 Å². The van der Waals surface area contributed by atoms with E-state index in [0.717, 1.165) is 54.6 Å². The maximum absolute atomic E-state index is 13.4. The molecule has 6 rings (SSSR count). The van der Waals surface area contributed by atoms with Gasteiger partial charge in [-0.05, 0) is 66.6 Å². The van der Waals surface area contributed by atoms with Crippen molar-refractivity contribution < 1.29 is 18.0 Å². The van der Waals surface area contributed by atoms with Crippen LogP contribution < -0.4 is 0 Å². The van der Waals surface area contributed by atoms with Gasteiger partial charge >= 0.3 is 6.18 Å². The molecule has 0 N–H and O–H groups in total. The predicted molar refractivity (Wildman–Crippen MR) is 138 cm³/mol. The van der Waals surface area contributed by atoms with Crippen molar-refractivity contribution in [1.29, 1.82) is 5.26 Å². The van der Waals surface area contributed by atoms with Gasteiger partial charge in [-0.1, -0.05) is 36.4 Å². The summed E-state index contributed by atoms with van der Waals surface area (Å²) in [6.45, 7) is 1.95. The molecule has 2 heterocycles. The first-order chi connectivity index (χ1) is 18.3. The zero-order chi connectivity index (χ0) is 26.4. The highest BCUT2D eigenvalue weighted by Crippen LogP contribution is 2.36. The van der Waals surface area contributed by atoms with Crippen LogP contribution in [0.15, 0.2) is 66.7 Å². The fourth-order valence-electron chi connectivity index (χ4n) is 5.29. The van der Waals surface area contributed by atoms with E-state index in [9.17, 15) is 18.0 Å². The maximum Gasteiger partial charge on any atom is 0.416 e. The highest BCUT2D eigenvalue weighted by molar-refractivity contribution is 5.82. The minimum atomic E-state index is -4.45. The van der Waals surface area contributed by atoms with E-state index in [1.165, 1.54) is 6.07 Å². The van der Waals surface area contributed by atoms with Crippen molar-refractivity contribution in [1.82, 2.24) is 14.5 Å². The van der Waals surface area contributed by atoms with Gasteiger partial charge in [-0.25, -0.2) is 4.98 Å². The van der Waals surface area contributed by atoms with E-state index in [1.807, 2.05) is 45.9 Å². The van der Waals surface area contributed by atoms with Gasteiger partial charge in [0.15, 0.2) is 0 Å². The normalized spacial score (nSPS) is 17.6. The van der Waals surface area contributed by atoms with Gasteiger partial charge in [-0.15, -0.1) is 0 Å². The number of rotatable bonds is 5. The van der Waals surface area contributed by atoms with Crippen molar-refractivity contribution in [3.63, 3.8) is 0 Å². The highest BCUT2D eigenvalue weighted by atomic mass is 19.4. The van der Waals surface area contributed by atoms with Gasteiger partial charge in [0.2, 0.25) is 5.91 Å². The lowest BCUT2D eigenvalue weighted by atomic mass is 10.0. The molecule has 192 valence electrons. The van der Waals surface area contributed by atoms with Gasteiger partial charge in [0.25, 0.3) is 0 Å². The van der Waals surface area contributed by atoms with Crippen LogP contribution in [0.2, 0.25) is 0 Å². The molecule has 1 amide bonds. The zero-order valence-electron chi connectivity index (χ0n) is 20.6. The van der Waals surface area contributed by atoms with Crippen LogP contribution in [0.3, 0.4) is 0 Å². The van der Waals surface area contributed by atoms with E-state index in [0.29, 0.717) is 35.5 Å². The number of likely N-dealkylation sites (tertiary alicyclic amines) is 1. The Morgan fingerprint density at radius 1 is 0.947 bits per heavy atom. The van der Waals surface area contributed by atoms with Crippen molar-refractivity contribution in [2.45, 2.75) is 32.0 Å². The minimum absolute atomic E-state index is 0.175. The summed E-state index contributed by atoms with van der Waals surface area (Å²) in [4.78, 5) is 19.2. The molecule has 8 heteroatoms. The molecule has 3 aromatic carbocycles. The first-order valence-corrected chi connectivity index (χ1v) is 12.8. The van der Waals surface area contributed by atoms with E-state index in [-0.39, 0.29) is 17.7 Å². The first-order valence-electron chi connectivity index (χ1n) is 12.8. The average Bonchev–Trinajstić information content (AvgIpc) is 3.57. The molecule has 1 aliphatic carbocycles. The molecule has 38 heavy (non-hydrogen) atoms. The van der Waals surface area contributed by atoms with Gasteiger partial charge in [-0.3, -0.25) is 4.79 Å². The Morgan fingerprint density at radius 2 is 1.61 bits per heavy atom. The van der Waals surface area contributed by atoms with Crippen molar-refractivity contribution in [2.75, 3.05) is 13.1 Å². The number of alkyl halides is 3. The number of nitrogens with zero attached hydrogens (tertiary/aromatic N) is 4. The minimum Gasteiger partial charge on any atom is -0.342 e. The summed E-state index contributed by atoms with van der Waals surface area (Å²) in [5.41, 5.74) is 3.54. The Balaban J connectivity index is 1.34. The lowest BCUT2D eigenvalue weighted by Gasteiger charge is -2.18. The Hall–Kier alpha value is -4.12. The Kier molecular flexibility index (Phi) is 5.94. The van der Waals surface area contributed by atoms with Crippen molar-refractivity contribution in [3.05, 3.63) is 77.9 Å². The predicted octanol–water partition coefficient (Wildman–Crippen LogP) is 6.52. The molecular formula is C30H25F3N4O. The van der Waals surface area contributed by atoms with E-state index in [4.69, 9.17) is 5.26 Å². The number of benzene rings is 3. The Labute approximate surface area is 218 Å². The van der Waals surface area contributed by atoms with E-state index in [2.05, 4.69) is 11.1 Å². The molecule has 0 unspecified atom stereocenters. The van der Waals surface area contributed by atoms with Crippen LogP contribution >= 0.6 is 0 Å². The molecule has 2 fully saturated rings. The number of amides is 1. The third-order valence-corrected chi connectivity index (χ3v) is 7.53. The third-order valence-electron chi connectivity index (χ3n) is 7.53. The quantitative estimate of drug-likeness (QED) is 0.305. The number of carbonyl (C=O) groups excluding carboxylic acids is 1. The number of fused-ring (bicyclic) bond motifs is 1. The Bertz CT molecular complexity index is 1540. The van der Waals surface area contributed by atoms with Gasteiger partial charge in [-0.2, -0.15) is 18.4 Å². The number of aromatic nitrogens is 2. The average molecular weight is 515 g/mol. The fraction of sp³-hybridized carbons (Fsp3) is 0.300. The van der Waals surface area contributed by atoms with E-state index >= 15 is 0 Å². The largest absolute Gasteiger partial charge is 0.416 e. The van der Waals surface area contributed by atoms with Gasteiger partial charge in [0, 0.05) is 31.1 Å². The topological polar surface area (TPSA) is 61.9 Å². The molecule has 0 radical (unpaired) electrons. The summed E-state index contributed by atoms with van der Waals surface area (Å²) in [6.07, 6.45) is -1.65. The number of hydrogen-bond acceptors (Lipinski definition) is 3. The molecule has 5 nitrogen and oxygen atoms in total. The summed E-state index contributed by atoms with van der Waals surface area (Å²) in [5, 5.41) is 9.04. The lowest BCUT2D eigenvalue weighted by molar-refractivity contribution is -0.137. The summed E-state index contributed by atoms with van der Waals surface area (Å²) in [5.74, 6) is 1.22. The van der Waals surface area contributed by atoms with E-state index < -0.39 is 11.7 Å². The molecule has 0 spiro atoms. The lowest BCUT2D eigenvalue weighted by Crippen LogP contribution is -2.30. The summed E-state index contributed by atoms with van der Waals surface area (Å²) in [7, 11) is 0. The third kappa shape index (κ3) is 4.65. The second-order valence-corrected chi connectivity index (χ2v) is 10.2. The van der Waals surface area contributed by atoms with Crippen molar-refractivity contribution in [2.24, 2.45) is 11.8 Å². The second-order valence-electron chi connectivity index (χ2n) is 10.2. The molecule has 1 aliphatic heterocycles. The highest BCUT2D eigenvalue weighted by Gasteiger charge is 2.37. The molecule has 1 saturated heterocycles. The number of halogens is 3. The van der Waals surface area contributed by atoms with Crippen LogP contribution in [0, 0.1) is 23.2 Å². The molecule has 1 atom stereocenters. The summed E-state index contributed by atoms with van der Waals surface area (Å²) >= 11 is 0. The standard InChI is InChI=1S/C30H25F3N4O/c31-30(32,33)25-11-12-27-26(15-25)35-28(37(27)18-20-13-14-36(17-20)29(38)24-9-10-24)23-7-5-22(6-8-23)21-3-1-19(16-34)2-4-21/h1-8,11-12,15,20,24H,9-10,13-14,17-18H2/t20-/m0/s1. The SMILES string of the molecule is N#Cc1ccc(-c2ccc(-c3nc4cc(C(F)(F)F)ccc4n3C[C@H]3CCN(C(=O)C4CC4)C3)cc2)cc1. The van der Waals surface area contributed by atoms with Crippen LogP contribution in [0.1, 0.15) is 30.4 Å². The second kappa shape index (κ2) is 9.32. The molecule has 1 aromatic heterocycles. The number of nitriles is 1. The summed E-state index contributed by atoms with van der Waals surface area (Å²) in [6, 6.07) is 20.9. The number of carbonyl (C=O) groups is 1. The van der Waals surface area contributed by atoms with Crippen LogP contribution in [-0.2, 0) is 17.5 Å². The van der Waals surface area contributed by atoms with Crippen LogP contribution in [0.5, 0.6) is 0 Å². The summed E-state index contributed by atoms with van der Waals surface area (Å²) < 4.78 is 42.3. The zero-order valence-corrected chi connectivity index (χ0v) is 20.6.